The largest absolute Gasteiger partial charge is 0.469 e. The summed E-state index contributed by atoms with van der Waals surface area (Å²) < 4.78 is 6.28. The van der Waals surface area contributed by atoms with Crippen LogP contribution < -0.4 is 4.90 Å². The van der Waals surface area contributed by atoms with Crippen LogP contribution in [-0.4, -0.2) is 12.2 Å². The quantitative estimate of drug-likeness (QED) is 0.939. The van der Waals surface area contributed by atoms with Crippen LogP contribution in [0.3, 0.4) is 0 Å². The van der Waals surface area contributed by atoms with E-state index < -0.39 is 0 Å². The third-order valence-electron chi connectivity index (χ3n) is 2.98. The van der Waals surface area contributed by atoms with Crippen molar-refractivity contribution in [2.45, 2.75) is 20.1 Å². The molecule has 0 radical (unpaired) electrons. The standard InChI is InChI=1S/C14H16BrNO2/c1-10-12(5-6-18-10)8-16(2)14-4-3-11(9-17)7-13(14)15/h3-7,17H,8-9H2,1-2H3. The van der Waals surface area contributed by atoms with Crippen LogP contribution in [0.4, 0.5) is 5.69 Å². The first-order valence-electron chi connectivity index (χ1n) is 5.75. The van der Waals surface area contributed by atoms with Crippen molar-refractivity contribution < 1.29 is 9.52 Å². The van der Waals surface area contributed by atoms with Gasteiger partial charge in [0.05, 0.1) is 18.6 Å². The Morgan fingerprint density at radius 1 is 1.33 bits per heavy atom. The van der Waals surface area contributed by atoms with Crippen molar-refractivity contribution in [3.63, 3.8) is 0 Å². The molecule has 0 unspecified atom stereocenters. The molecule has 18 heavy (non-hydrogen) atoms. The SMILES string of the molecule is Cc1occc1CN(C)c1ccc(CO)cc1Br. The van der Waals surface area contributed by atoms with Gasteiger partial charge < -0.3 is 14.4 Å². The molecule has 0 saturated heterocycles. The maximum absolute atomic E-state index is 9.09. The second-order valence-electron chi connectivity index (χ2n) is 4.30. The Labute approximate surface area is 115 Å². The highest BCUT2D eigenvalue weighted by molar-refractivity contribution is 9.10. The number of hydrogen-bond donors (Lipinski definition) is 1. The molecule has 0 spiro atoms. The molecule has 4 heteroatoms. The highest BCUT2D eigenvalue weighted by atomic mass is 79.9. The summed E-state index contributed by atoms with van der Waals surface area (Å²) >= 11 is 3.53. The Hall–Kier alpha value is -1.26. The van der Waals surface area contributed by atoms with Gasteiger partial charge in [0.2, 0.25) is 0 Å². The third kappa shape index (κ3) is 2.76. The summed E-state index contributed by atoms with van der Waals surface area (Å²) in [6, 6.07) is 7.86. The number of nitrogens with zero attached hydrogens (tertiary/aromatic N) is 1. The predicted molar refractivity (Wildman–Crippen MR) is 75.6 cm³/mol. The smallest absolute Gasteiger partial charge is 0.105 e. The molecular weight excluding hydrogens is 294 g/mol. The number of furan rings is 1. The van der Waals surface area contributed by atoms with E-state index in [4.69, 9.17) is 9.52 Å². The topological polar surface area (TPSA) is 36.6 Å². The molecule has 3 nitrogen and oxygen atoms in total. The molecule has 0 aliphatic rings. The third-order valence-corrected chi connectivity index (χ3v) is 3.61. The van der Waals surface area contributed by atoms with Crippen LogP contribution in [0.1, 0.15) is 16.9 Å². The van der Waals surface area contributed by atoms with Crippen molar-refractivity contribution >= 4 is 21.6 Å². The summed E-state index contributed by atoms with van der Waals surface area (Å²) in [5, 5.41) is 9.09. The second-order valence-corrected chi connectivity index (χ2v) is 5.16. The van der Waals surface area contributed by atoms with E-state index in [0.717, 1.165) is 28.0 Å². The molecule has 0 atom stereocenters. The van der Waals surface area contributed by atoms with Gasteiger partial charge >= 0.3 is 0 Å². The maximum atomic E-state index is 9.09. The fourth-order valence-electron chi connectivity index (χ4n) is 1.87. The molecule has 2 rings (SSSR count). The van der Waals surface area contributed by atoms with Crippen molar-refractivity contribution in [2.24, 2.45) is 0 Å². The molecule has 0 aliphatic heterocycles. The lowest BCUT2D eigenvalue weighted by molar-refractivity contribution is 0.282. The Morgan fingerprint density at radius 2 is 2.11 bits per heavy atom. The fourth-order valence-corrected chi connectivity index (χ4v) is 2.60. The Kier molecular flexibility index (Phi) is 4.09. The molecule has 0 amide bonds. The molecule has 1 aromatic carbocycles. The summed E-state index contributed by atoms with van der Waals surface area (Å²) in [6.45, 7) is 2.82. The van der Waals surface area contributed by atoms with E-state index >= 15 is 0 Å². The summed E-state index contributed by atoms with van der Waals surface area (Å²) in [5.74, 6) is 0.949. The fraction of sp³-hybridized carbons (Fsp3) is 0.286. The van der Waals surface area contributed by atoms with E-state index in [2.05, 4.69) is 20.8 Å². The molecule has 1 heterocycles. The summed E-state index contributed by atoms with van der Waals surface area (Å²) in [5.41, 5.74) is 3.17. The zero-order chi connectivity index (χ0) is 13.1. The minimum absolute atomic E-state index is 0.0590. The van der Waals surface area contributed by atoms with Crippen LogP contribution in [0, 0.1) is 6.92 Å². The number of rotatable bonds is 4. The Balaban J connectivity index is 2.19. The predicted octanol–water partition coefficient (Wildman–Crippen LogP) is 3.48. The Bertz CT molecular complexity index is 536. The van der Waals surface area contributed by atoms with Crippen LogP contribution in [0.25, 0.3) is 0 Å². The zero-order valence-electron chi connectivity index (χ0n) is 10.5. The second kappa shape index (κ2) is 5.59. The van der Waals surface area contributed by atoms with Crippen molar-refractivity contribution in [3.8, 4) is 0 Å². The van der Waals surface area contributed by atoms with Crippen molar-refractivity contribution in [3.05, 3.63) is 51.9 Å². The maximum Gasteiger partial charge on any atom is 0.105 e. The summed E-state index contributed by atoms with van der Waals surface area (Å²) in [6.07, 6.45) is 1.71. The van der Waals surface area contributed by atoms with E-state index in [1.807, 2.05) is 38.2 Å². The average Bonchev–Trinajstić information content (AvgIpc) is 2.74. The van der Waals surface area contributed by atoms with Gasteiger partial charge in [0.1, 0.15) is 5.76 Å². The molecular formula is C14H16BrNO2. The minimum Gasteiger partial charge on any atom is -0.469 e. The van der Waals surface area contributed by atoms with Crippen molar-refractivity contribution in [1.82, 2.24) is 0 Å². The number of aryl methyl sites for hydroxylation is 1. The number of aliphatic hydroxyl groups is 1. The first-order valence-corrected chi connectivity index (χ1v) is 6.54. The van der Waals surface area contributed by atoms with Gasteiger partial charge in [-0.3, -0.25) is 0 Å². The first kappa shape index (κ1) is 13.2. The first-order chi connectivity index (χ1) is 8.61. The number of aliphatic hydroxyl groups excluding tert-OH is 1. The van der Waals surface area contributed by atoms with Gasteiger partial charge in [0.15, 0.2) is 0 Å². The summed E-state index contributed by atoms with van der Waals surface area (Å²) in [4.78, 5) is 2.14. The number of hydrogen-bond acceptors (Lipinski definition) is 3. The van der Waals surface area contributed by atoms with Gasteiger partial charge in [-0.25, -0.2) is 0 Å². The van der Waals surface area contributed by atoms with E-state index in [-0.39, 0.29) is 6.61 Å². The lowest BCUT2D eigenvalue weighted by atomic mass is 10.2. The molecule has 1 aromatic heterocycles. The molecule has 0 aliphatic carbocycles. The molecule has 0 fully saturated rings. The van der Waals surface area contributed by atoms with E-state index in [1.165, 1.54) is 5.56 Å². The monoisotopic (exact) mass is 309 g/mol. The van der Waals surface area contributed by atoms with Gasteiger partial charge in [0.25, 0.3) is 0 Å². The van der Waals surface area contributed by atoms with Crippen LogP contribution in [0.2, 0.25) is 0 Å². The molecule has 96 valence electrons. The number of benzene rings is 1. The normalized spacial score (nSPS) is 10.7. The highest BCUT2D eigenvalue weighted by Crippen LogP contribution is 2.28. The average molecular weight is 310 g/mol. The number of anilines is 1. The molecule has 0 bridgehead atoms. The molecule has 2 aromatic rings. The van der Waals surface area contributed by atoms with Gasteiger partial charge in [-0.15, -0.1) is 0 Å². The van der Waals surface area contributed by atoms with Crippen molar-refractivity contribution in [1.29, 1.82) is 0 Å². The molecule has 1 N–H and O–H groups in total. The van der Waals surface area contributed by atoms with Crippen LogP contribution in [-0.2, 0) is 13.2 Å². The van der Waals surface area contributed by atoms with Gasteiger partial charge in [-0.2, -0.15) is 0 Å². The summed E-state index contributed by atoms with van der Waals surface area (Å²) in [7, 11) is 2.03. The van der Waals surface area contributed by atoms with Gasteiger partial charge in [0, 0.05) is 23.6 Å². The van der Waals surface area contributed by atoms with Crippen LogP contribution in [0.15, 0.2) is 39.4 Å². The highest BCUT2D eigenvalue weighted by Gasteiger charge is 2.09. The van der Waals surface area contributed by atoms with Crippen LogP contribution >= 0.6 is 15.9 Å². The lowest BCUT2D eigenvalue weighted by Gasteiger charge is -2.21. The molecule has 0 saturated carbocycles. The Morgan fingerprint density at radius 3 is 2.67 bits per heavy atom. The zero-order valence-corrected chi connectivity index (χ0v) is 12.1. The van der Waals surface area contributed by atoms with Crippen molar-refractivity contribution in [2.75, 3.05) is 11.9 Å². The van der Waals surface area contributed by atoms with E-state index in [9.17, 15) is 0 Å². The minimum atomic E-state index is 0.0590. The van der Waals surface area contributed by atoms with Gasteiger partial charge in [-0.05, 0) is 46.6 Å². The number of halogens is 1. The van der Waals surface area contributed by atoms with Crippen LogP contribution in [0.5, 0.6) is 0 Å². The van der Waals surface area contributed by atoms with E-state index in [1.54, 1.807) is 6.26 Å². The lowest BCUT2D eigenvalue weighted by Crippen LogP contribution is -2.17. The van der Waals surface area contributed by atoms with E-state index in [0.29, 0.717) is 0 Å². The van der Waals surface area contributed by atoms with Gasteiger partial charge in [-0.1, -0.05) is 6.07 Å².